The van der Waals surface area contributed by atoms with Crippen LogP contribution in [0.2, 0.25) is 5.02 Å². The van der Waals surface area contributed by atoms with Gasteiger partial charge in [-0.15, -0.1) is 11.8 Å². The van der Waals surface area contributed by atoms with Crippen molar-refractivity contribution in [3.05, 3.63) is 59.1 Å². The number of thioether (sulfide) groups is 1. The van der Waals surface area contributed by atoms with Crippen molar-refractivity contribution in [1.29, 1.82) is 0 Å². The lowest BCUT2D eigenvalue weighted by atomic mass is 10.0. The van der Waals surface area contributed by atoms with E-state index in [1.54, 1.807) is 30.3 Å². The molecule has 2 aromatic carbocycles. The first-order chi connectivity index (χ1) is 9.58. The van der Waals surface area contributed by atoms with Crippen LogP contribution in [0.1, 0.15) is 11.5 Å². The number of hydrogen-bond acceptors (Lipinski definition) is 3. The number of carbonyl (C=O) groups is 1. The SMILES string of the molecule is Nc1ccccc1SCC(C(=O)O)c1ccc(Cl)cc1. The van der Waals surface area contributed by atoms with Crippen molar-refractivity contribution in [3.63, 3.8) is 0 Å². The van der Waals surface area contributed by atoms with Crippen molar-refractivity contribution < 1.29 is 9.90 Å². The largest absolute Gasteiger partial charge is 0.481 e. The van der Waals surface area contributed by atoms with Gasteiger partial charge in [0.05, 0.1) is 5.92 Å². The van der Waals surface area contributed by atoms with Gasteiger partial charge < -0.3 is 10.8 Å². The highest BCUT2D eigenvalue weighted by Crippen LogP contribution is 2.30. The van der Waals surface area contributed by atoms with Gasteiger partial charge in [-0.05, 0) is 29.8 Å². The summed E-state index contributed by atoms with van der Waals surface area (Å²) in [6.45, 7) is 0. The Morgan fingerprint density at radius 1 is 1.20 bits per heavy atom. The maximum Gasteiger partial charge on any atom is 0.311 e. The zero-order valence-corrected chi connectivity index (χ0v) is 12.2. The van der Waals surface area contributed by atoms with E-state index in [-0.39, 0.29) is 0 Å². The fourth-order valence-corrected chi connectivity index (χ4v) is 3.01. The predicted octanol–water partition coefficient (Wildman–Crippen LogP) is 3.88. The number of nitrogens with two attached hydrogens (primary N) is 1. The van der Waals surface area contributed by atoms with E-state index in [0.717, 1.165) is 10.5 Å². The Balaban J connectivity index is 2.13. The minimum Gasteiger partial charge on any atom is -0.481 e. The number of para-hydroxylation sites is 1. The molecule has 2 rings (SSSR count). The van der Waals surface area contributed by atoms with Gasteiger partial charge >= 0.3 is 5.97 Å². The van der Waals surface area contributed by atoms with E-state index >= 15 is 0 Å². The average Bonchev–Trinajstić information content (AvgIpc) is 2.42. The summed E-state index contributed by atoms with van der Waals surface area (Å²) in [6.07, 6.45) is 0. The summed E-state index contributed by atoms with van der Waals surface area (Å²) in [5.74, 6) is -1.02. The lowest BCUT2D eigenvalue weighted by Gasteiger charge is -2.13. The van der Waals surface area contributed by atoms with Crippen molar-refractivity contribution in [2.45, 2.75) is 10.8 Å². The van der Waals surface area contributed by atoms with E-state index in [2.05, 4.69) is 0 Å². The maximum atomic E-state index is 11.4. The number of halogens is 1. The summed E-state index contributed by atoms with van der Waals surface area (Å²) < 4.78 is 0. The second-order valence-electron chi connectivity index (χ2n) is 4.29. The molecule has 0 aromatic heterocycles. The number of nitrogen functional groups attached to an aromatic ring is 1. The van der Waals surface area contributed by atoms with E-state index < -0.39 is 11.9 Å². The van der Waals surface area contributed by atoms with Gasteiger partial charge in [0.1, 0.15) is 0 Å². The van der Waals surface area contributed by atoms with Crippen LogP contribution < -0.4 is 5.73 Å². The first kappa shape index (κ1) is 14.8. The molecular formula is C15H14ClNO2S. The highest BCUT2D eigenvalue weighted by atomic mass is 35.5. The van der Waals surface area contributed by atoms with Crippen LogP contribution >= 0.6 is 23.4 Å². The van der Waals surface area contributed by atoms with Crippen molar-refractivity contribution in [3.8, 4) is 0 Å². The monoisotopic (exact) mass is 307 g/mol. The highest BCUT2D eigenvalue weighted by molar-refractivity contribution is 7.99. The molecule has 0 bridgehead atoms. The molecule has 1 unspecified atom stereocenters. The van der Waals surface area contributed by atoms with Gasteiger partial charge in [0, 0.05) is 21.4 Å². The van der Waals surface area contributed by atoms with Crippen LogP contribution in [0.4, 0.5) is 5.69 Å². The van der Waals surface area contributed by atoms with E-state index in [1.165, 1.54) is 11.8 Å². The Kier molecular flexibility index (Phi) is 4.93. The van der Waals surface area contributed by atoms with Gasteiger partial charge in [0.15, 0.2) is 0 Å². The van der Waals surface area contributed by atoms with Gasteiger partial charge in [-0.25, -0.2) is 0 Å². The first-order valence-corrected chi connectivity index (χ1v) is 7.40. The van der Waals surface area contributed by atoms with Gasteiger partial charge in [-0.2, -0.15) is 0 Å². The topological polar surface area (TPSA) is 63.3 Å². The van der Waals surface area contributed by atoms with E-state index in [1.807, 2.05) is 18.2 Å². The van der Waals surface area contributed by atoms with E-state index in [9.17, 15) is 9.90 Å². The molecule has 0 radical (unpaired) electrons. The fraction of sp³-hybridized carbons (Fsp3) is 0.133. The number of anilines is 1. The predicted molar refractivity (Wildman–Crippen MR) is 83.4 cm³/mol. The van der Waals surface area contributed by atoms with Crippen molar-refractivity contribution in [1.82, 2.24) is 0 Å². The van der Waals surface area contributed by atoms with Gasteiger partial charge in [-0.1, -0.05) is 35.9 Å². The minimum atomic E-state index is -0.852. The van der Waals surface area contributed by atoms with Crippen LogP contribution in [0, 0.1) is 0 Å². The Hall–Kier alpha value is -1.65. The summed E-state index contributed by atoms with van der Waals surface area (Å²) in [5, 5.41) is 9.96. The number of aliphatic carboxylic acids is 1. The molecule has 0 amide bonds. The molecule has 104 valence electrons. The number of carboxylic acid groups (broad SMARTS) is 1. The molecule has 3 N–H and O–H groups in total. The summed E-state index contributed by atoms with van der Waals surface area (Å²) >= 11 is 7.26. The smallest absolute Gasteiger partial charge is 0.311 e. The Labute approximate surface area is 126 Å². The molecule has 20 heavy (non-hydrogen) atoms. The third-order valence-electron chi connectivity index (χ3n) is 2.89. The number of hydrogen-bond donors (Lipinski definition) is 2. The second kappa shape index (κ2) is 6.68. The Morgan fingerprint density at radius 2 is 1.85 bits per heavy atom. The van der Waals surface area contributed by atoms with Crippen LogP contribution in [0.25, 0.3) is 0 Å². The number of rotatable bonds is 5. The Morgan fingerprint density at radius 3 is 2.45 bits per heavy atom. The standard InChI is InChI=1S/C15H14ClNO2S/c16-11-7-5-10(6-8-11)12(15(18)19)9-20-14-4-2-1-3-13(14)17/h1-8,12H,9,17H2,(H,18,19). The second-order valence-corrected chi connectivity index (χ2v) is 5.79. The summed E-state index contributed by atoms with van der Waals surface area (Å²) in [5.41, 5.74) is 7.26. The lowest BCUT2D eigenvalue weighted by Crippen LogP contribution is -2.14. The molecular weight excluding hydrogens is 294 g/mol. The molecule has 1 atom stereocenters. The highest BCUT2D eigenvalue weighted by Gasteiger charge is 2.20. The quantitative estimate of drug-likeness (QED) is 0.650. The molecule has 0 spiro atoms. The van der Waals surface area contributed by atoms with Gasteiger partial charge in [-0.3, -0.25) is 4.79 Å². The first-order valence-electron chi connectivity index (χ1n) is 6.03. The number of carboxylic acids is 1. The third kappa shape index (κ3) is 3.68. The van der Waals surface area contributed by atoms with Crippen LogP contribution in [-0.2, 0) is 4.79 Å². The molecule has 0 aliphatic heterocycles. The van der Waals surface area contributed by atoms with Crippen LogP contribution in [0.15, 0.2) is 53.4 Å². The molecule has 0 saturated carbocycles. The van der Waals surface area contributed by atoms with Crippen LogP contribution in [0.3, 0.4) is 0 Å². The zero-order chi connectivity index (χ0) is 14.5. The molecule has 0 fully saturated rings. The lowest BCUT2D eigenvalue weighted by molar-refractivity contribution is -0.138. The average molecular weight is 308 g/mol. The van der Waals surface area contributed by atoms with Gasteiger partial charge in [0.2, 0.25) is 0 Å². The van der Waals surface area contributed by atoms with Crippen LogP contribution in [-0.4, -0.2) is 16.8 Å². The molecule has 2 aromatic rings. The zero-order valence-electron chi connectivity index (χ0n) is 10.6. The Bertz CT molecular complexity index is 601. The van der Waals surface area contributed by atoms with Crippen molar-refractivity contribution in [2.75, 3.05) is 11.5 Å². The van der Waals surface area contributed by atoms with Gasteiger partial charge in [0.25, 0.3) is 0 Å². The fourth-order valence-electron chi connectivity index (χ4n) is 1.79. The van der Waals surface area contributed by atoms with Crippen molar-refractivity contribution >= 4 is 35.0 Å². The molecule has 0 aliphatic carbocycles. The third-order valence-corrected chi connectivity index (χ3v) is 4.33. The normalized spacial score (nSPS) is 12.1. The molecule has 3 nitrogen and oxygen atoms in total. The molecule has 0 heterocycles. The number of benzene rings is 2. The summed E-state index contributed by atoms with van der Waals surface area (Å²) in [7, 11) is 0. The van der Waals surface area contributed by atoms with E-state index in [0.29, 0.717) is 16.5 Å². The molecule has 5 heteroatoms. The summed E-state index contributed by atoms with van der Waals surface area (Å²) in [6, 6.07) is 14.3. The van der Waals surface area contributed by atoms with Crippen molar-refractivity contribution in [2.24, 2.45) is 0 Å². The minimum absolute atomic E-state index is 0.422. The molecule has 0 aliphatic rings. The maximum absolute atomic E-state index is 11.4. The van der Waals surface area contributed by atoms with E-state index in [4.69, 9.17) is 17.3 Å². The molecule has 0 saturated heterocycles. The summed E-state index contributed by atoms with van der Waals surface area (Å²) in [4.78, 5) is 12.3. The van der Waals surface area contributed by atoms with Crippen LogP contribution in [0.5, 0.6) is 0 Å².